The lowest BCUT2D eigenvalue weighted by atomic mass is 9.89. The van der Waals surface area contributed by atoms with Gasteiger partial charge in [-0.25, -0.2) is 0 Å². The van der Waals surface area contributed by atoms with Crippen molar-refractivity contribution >= 4 is 12.6 Å². The first-order chi connectivity index (χ1) is 6.31. The molecule has 0 saturated heterocycles. The van der Waals surface area contributed by atoms with Crippen molar-refractivity contribution < 1.29 is 0 Å². The van der Waals surface area contributed by atoms with Gasteiger partial charge in [0, 0.05) is 5.25 Å². The van der Waals surface area contributed by atoms with Gasteiger partial charge in [0.2, 0.25) is 0 Å². The third kappa shape index (κ3) is 1.76. The number of benzene rings is 1. The van der Waals surface area contributed by atoms with Crippen LogP contribution in [0, 0.1) is 0 Å². The van der Waals surface area contributed by atoms with Crippen molar-refractivity contribution in [2.75, 3.05) is 0 Å². The van der Waals surface area contributed by atoms with E-state index >= 15 is 0 Å². The molecule has 1 aromatic rings. The summed E-state index contributed by atoms with van der Waals surface area (Å²) in [5, 5.41) is 0.482. The Labute approximate surface area is 85.8 Å². The molecule has 0 nitrogen and oxygen atoms in total. The van der Waals surface area contributed by atoms with Crippen LogP contribution in [-0.2, 0) is 12.8 Å². The molecule has 2 rings (SSSR count). The summed E-state index contributed by atoms with van der Waals surface area (Å²) >= 11 is 4.63. The average Bonchev–Trinajstić information content (AvgIpc) is 2.18. The summed E-state index contributed by atoms with van der Waals surface area (Å²) in [4.78, 5) is 0. The molecular formula is C12H16S. The van der Waals surface area contributed by atoms with Gasteiger partial charge in [-0.1, -0.05) is 25.1 Å². The van der Waals surface area contributed by atoms with E-state index in [0.29, 0.717) is 5.25 Å². The van der Waals surface area contributed by atoms with E-state index in [1.165, 1.54) is 36.0 Å². The molecule has 0 bridgehead atoms. The highest BCUT2D eigenvalue weighted by Gasteiger charge is 2.16. The number of aryl methyl sites for hydroxylation is 2. The fourth-order valence-corrected chi connectivity index (χ4v) is 2.47. The Balaban J connectivity index is 2.41. The molecular weight excluding hydrogens is 176 g/mol. The molecule has 0 N–H and O–H groups in total. The summed E-state index contributed by atoms with van der Waals surface area (Å²) in [6.45, 7) is 2.21. The summed E-state index contributed by atoms with van der Waals surface area (Å²) in [6, 6.07) is 6.88. The first-order valence-electron chi connectivity index (χ1n) is 5.11. The highest BCUT2D eigenvalue weighted by atomic mass is 32.1. The SMILES string of the molecule is CCc1ccc2c(c1)C(S)CCC2. The number of thiol groups is 1. The highest BCUT2D eigenvalue weighted by molar-refractivity contribution is 7.80. The van der Waals surface area contributed by atoms with E-state index in [2.05, 4.69) is 37.8 Å². The van der Waals surface area contributed by atoms with Crippen LogP contribution >= 0.6 is 12.6 Å². The van der Waals surface area contributed by atoms with E-state index in [1.54, 1.807) is 0 Å². The monoisotopic (exact) mass is 192 g/mol. The quantitative estimate of drug-likeness (QED) is 0.646. The van der Waals surface area contributed by atoms with Crippen molar-refractivity contribution in [3.63, 3.8) is 0 Å². The Kier molecular flexibility index (Phi) is 2.63. The predicted molar refractivity (Wildman–Crippen MR) is 60.5 cm³/mol. The zero-order chi connectivity index (χ0) is 9.26. The zero-order valence-electron chi connectivity index (χ0n) is 8.09. The minimum atomic E-state index is 0.482. The number of hydrogen-bond donors (Lipinski definition) is 1. The lowest BCUT2D eigenvalue weighted by Crippen LogP contribution is -2.05. The molecule has 0 aromatic heterocycles. The minimum absolute atomic E-state index is 0.482. The van der Waals surface area contributed by atoms with Gasteiger partial charge in [0.25, 0.3) is 0 Å². The Morgan fingerprint density at radius 2 is 2.31 bits per heavy atom. The van der Waals surface area contributed by atoms with Crippen molar-refractivity contribution in [3.05, 3.63) is 34.9 Å². The number of rotatable bonds is 1. The molecule has 0 saturated carbocycles. The van der Waals surface area contributed by atoms with E-state index in [4.69, 9.17) is 0 Å². The minimum Gasteiger partial charge on any atom is -0.171 e. The maximum atomic E-state index is 4.63. The molecule has 0 fully saturated rings. The molecule has 0 amide bonds. The Bertz CT molecular complexity index is 304. The van der Waals surface area contributed by atoms with Gasteiger partial charge in [-0.05, 0) is 42.4 Å². The zero-order valence-corrected chi connectivity index (χ0v) is 8.98. The van der Waals surface area contributed by atoms with Gasteiger partial charge in [-0.3, -0.25) is 0 Å². The van der Waals surface area contributed by atoms with Gasteiger partial charge < -0.3 is 0 Å². The Hall–Kier alpha value is -0.430. The van der Waals surface area contributed by atoms with Crippen molar-refractivity contribution in [2.24, 2.45) is 0 Å². The van der Waals surface area contributed by atoms with Crippen molar-refractivity contribution in [1.29, 1.82) is 0 Å². The molecule has 1 aliphatic rings. The average molecular weight is 192 g/mol. The van der Waals surface area contributed by atoms with Crippen LogP contribution in [0.15, 0.2) is 18.2 Å². The van der Waals surface area contributed by atoms with Gasteiger partial charge >= 0.3 is 0 Å². The van der Waals surface area contributed by atoms with Crippen molar-refractivity contribution in [3.8, 4) is 0 Å². The second-order valence-electron chi connectivity index (χ2n) is 3.79. The largest absolute Gasteiger partial charge is 0.171 e. The van der Waals surface area contributed by atoms with Gasteiger partial charge in [0.05, 0.1) is 0 Å². The molecule has 1 heteroatoms. The standard InChI is InChI=1S/C12H16S/c1-2-9-6-7-10-4-3-5-12(13)11(10)8-9/h6-8,12-13H,2-5H2,1H3. The lowest BCUT2D eigenvalue weighted by molar-refractivity contribution is 0.675. The normalized spacial score (nSPS) is 21.2. The maximum absolute atomic E-state index is 4.63. The van der Waals surface area contributed by atoms with Gasteiger partial charge in [0.15, 0.2) is 0 Å². The van der Waals surface area contributed by atoms with Crippen LogP contribution in [0.2, 0.25) is 0 Å². The fourth-order valence-electron chi connectivity index (χ4n) is 2.04. The van der Waals surface area contributed by atoms with E-state index in [1.807, 2.05) is 0 Å². The van der Waals surface area contributed by atoms with Crippen LogP contribution in [0.3, 0.4) is 0 Å². The number of fused-ring (bicyclic) bond motifs is 1. The first-order valence-corrected chi connectivity index (χ1v) is 5.62. The topological polar surface area (TPSA) is 0 Å². The van der Waals surface area contributed by atoms with Crippen LogP contribution < -0.4 is 0 Å². The third-order valence-corrected chi connectivity index (χ3v) is 3.44. The lowest BCUT2D eigenvalue weighted by Gasteiger charge is -2.22. The van der Waals surface area contributed by atoms with Gasteiger partial charge in [-0.2, -0.15) is 12.6 Å². The predicted octanol–water partition coefficient (Wildman–Crippen LogP) is 3.56. The van der Waals surface area contributed by atoms with E-state index < -0.39 is 0 Å². The highest BCUT2D eigenvalue weighted by Crippen LogP contribution is 2.34. The molecule has 1 atom stereocenters. The molecule has 1 aromatic carbocycles. The van der Waals surface area contributed by atoms with Crippen LogP contribution in [0.25, 0.3) is 0 Å². The molecule has 0 heterocycles. The third-order valence-electron chi connectivity index (χ3n) is 2.90. The molecule has 1 unspecified atom stereocenters. The molecule has 0 radical (unpaired) electrons. The summed E-state index contributed by atoms with van der Waals surface area (Å²) in [6.07, 6.45) is 4.92. The van der Waals surface area contributed by atoms with Crippen molar-refractivity contribution in [2.45, 2.75) is 37.9 Å². The van der Waals surface area contributed by atoms with Crippen LogP contribution in [0.4, 0.5) is 0 Å². The Morgan fingerprint density at radius 1 is 1.46 bits per heavy atom. The summed E-state index contributed by atoms with van der Waals surface area (Å²) in [5.74, 6) is 0. The summed E-state index contributed by atoms with van der Waals surface area (Å²) in [5.41, 5.74) is 4.44. The van der Waals surface area contributed by atoms with Crippen LogP contribution in [0.1, 0.15) is 41.7 Å². The Morgan fingerprint density at radius 3 is 3.08 bits per heavy atom. The second-order valence-corrected chi connectivity index (χ2v) is 4.42. The van der Waals surface area contributed by atoms with Crippen LogP contribution in [0.5, 0.6) is 0 Å². The molecule has 70 valence electrons. The van der Waals surface area contributed by atoms with Crippen molar-refractivity contribution in [1.82, 2.24) is 0 Å². The van der Waals surface area contributed by atoms with E-state index in [0.717, 1.165) is 6.42 Å². The molecule has 0 aliphatic heterocycles. The molecule has 1 aliphatic carbocycles. The summed E-state index contributed by atoms with van der Waals surface area (Å²) < 4.78 is 0. The fraction of sp³-hybridized carbons (Fsp3) is 0.500. The summed E-state index contributed by atoms with van der Waals surface area (Å²) in [7, 11) is 0. The maximum Gasteiger partial charge on any atom is 0.0270 e. The van der Waals surface area contributed by atoms with Gasteiger partial charge in [0.1, 0.15) is 0 Å². The molecule has 0 spiro atoms. The smallest absolute Gasteiger partial charge is 0.0270 e. The molecule has 13 heavy (non-hydrogen) atoms. The van der Waals surface area contributed by atoms with E-state index in [9.17, 15) is 0 Å². The van der Waals surface area contributed by atoms with Gasteiger partial charge in [-0.15, -0.1) is 0 Å². The van der Waals surface area contributed by atoms with Crippen LogP contribution in [-0.4, -0.2) is 0 Å². The van der Waals surface area contributed by atoms with E-state index in [-0.39, 0.29) is 0 Å². The first kappa shape index (κ1) is 9.14. The number of hydrogen-bond acceptors (Lipinski definition) is 1. The second kappa shape index (κ2) is 3.75.